The van der Waals surface area contributed by atoms with Crippen molar-refractivity contribution in [1.82, 2.24) is 24.9 Å². The van der Waals surface area contributed by atoms with Gasteiger partial charge in [0.15, 0.2) is 0 Å². The molecule has 0 spiro atoms. The van der Waals surface area contributed by atoms with Crippen molar-refractivity contribution in [2.75, 3.05) is 0 Å². The minimum atomic E-state index is 0.900. The number of nitrogens with zero attached hydrogens (tertiary/aromatic N) is 5. The van der Waals surface area contributed by atoms with Crippen LogP contribution in [-0.2, 0) is 0 Å². The number of rotatable bonds is 4. The van der Waals surface area contributed by atoms with Crippen molar-refractivity contribution in [3.05, 3.63) is 164 Å². The molecule has 0 N–H and O–H groups in total. The molecule has 0 radical (unpaired) electrons. The Hall–Kier alpha value is -6.85. The Balaban J connectivity index is 0.965. The number of pyridine rings is 5. The summed E-state index contributed by atoms with van der Waals surface area (Å²) < 4.78 is 0. The van der Waals surface area contributed by atoms with Gasteiger partial charge in [0.1, 0.15) is 0 Å². The number of benzene rings is 5. The molecule has 0 amide bonds. The Bertz CT molecular complexity index is 2930. The molecule has 0 aliphatic rings. The number of para-hydroxylation sites is 1. The zero-order chi connectivity index (χ0) is 33.0. The first-order valence-corrected chi connectivity index (χ1v) is 16.6. The van der Waals surface area contributed by atoms with Crippen LogP contribution in [0.3, 0.4) is 0 Å². The summed E-state index contributed by atoms with van der Waals surface area (Å²) in [6, 6.07) is 52.6. The quantitative estimate of drug-likeness (QED) is 0.180. The van der Waals surface area contributed by atoms with Gasteiger partial charge in [0, 0.05) is 56.0 Å². The molecule has 0 fully saturated rings. The number of hydrogen-bond acceptors (Lipinski definition) is 5. The summed E-state index contributed by atoms with van der Waals surface area (Å²) in [5.41, 5.74) is 12.8. The van der Waals surface area contributed by atoms with Gasteiger partial charge in [-0.05, 0) is 59.7 Å². The highest BCUT2D eigenvalue weighted by atomic mass is 14.8. The monoisotopic (exact) mass is 637 g/mol. The normalized spacial score (nSPS) is 11.6. The van der Waals surface area contributed by atoms with Crippen LogP contribution in [0.15, 0.2) is 164 Å². The molecule has 232 valence electrons. The van der Waals surface area contributed by atoms with Gasteiger partial charge in [-0.25, -0.2) is 15.0 Å². The SMILES string of the molecule is c1ccc2ncc(-c3ccc4ccc(-c5ccc6ccc(-c7ccc(-c8ccc9ccc%10cccnc%10c9n8)cc7)cc6n5)cc4n3)cc2c1. The van der Waals surface area contributed by atoms with Crippen molar-refractivity contribution in [2.45, 2.75) is 0 Å². The van der Waals surface area contributed by atoms with E-state index in [0.29, 0.717) is 0 Å². The molecule has 5 aromatic carbocycles. The highest BCUT2D eigenvalue weighted by Crippen LogP contribution is 2.31. The third-order valence-electron chi connectivity index (χ3n) is 9.51. The fourth-order valence-corrected chi connectivity index (χ4v) is 6.82. The first kappa shape index (κ1) is 28.2. The van der Waals surface area contributed by atoms with Gasteiger partial charge in [-0.3, -0.25) is 9.97 Å². The van der Waals surface area contributed by atoms with E-state index in [2.05, 4.69) is 137 Å². The maximum Gasteiger partial charge on any atom is 0.0972 e. The summed E-state index contributed by atoms with van der Waals surface area (Å²) in [5, 5.41) is 5.46. The maximum absolute atomic E-state index is 5.12. The number of aromatic nitrogens is 5. The van der Waals surface area contributed by atoms with Crippen LogP contribution in [-0.4, -0.2) is 24.9 Å². The average molecular weight is 638 g/mol. The fourth-order valence-electron chi connectivity index (χ4n) is 6.82. The number of fused-ring (bicyclic) bond motifs is 6. The van der Waals surface area contributed by atoms with E-state index in [1.807, 2.05) is 36.7 Å². The Morgan fingerprint density at radius 3 is 1.66 bits per heavy atom. The Labute approximate surface area is 287 Å². The van der Waals surface area contributed by atoms with Gasteiger partial charge in [0.05, 0.1) is 44.7 Å². The van der Waals surface area contributed by atoms with Crippen LogP contribution in [0.25, 0.3) is 99.4 Å². The van der Waals surface area contributed by atoms with Crippen LogP contribution < -0.4 is 0 Å². The Kier molecular flexibility index (Phi) is 6.42. The summed E-state index contributed by atoms with van der Waals surface area (Å²) in [5.74, 6) is 0. The lowest BCUT2D eigenvalue weighted by atomic mass is 10.00. The zero-order valence-corrected chi connectivity index (χ0v) is 26.8. The molecule has 0 saturated carbocycles. The zero-order valence-electron chi connectivity index (χ0n) is 26.8. The molecule has 5 nitrogen and oxygen atoms in total. The second-order valence-corrected chi connectivity index (χ2v) is 12.6. The van der Waals surface area contributed by atoms with Crippen molar-refractivity contribution >= 4 is 54.5 Å². The first-order valence-electron chi connectivity index (χ1n) is 16.6. The molecule has 0 saturated heterocycles. The van der Waals surface area contributed by atoms with E-state index in [-0.39, 0.29) is 0 Å². The molecule has 0 aliphatic carbocycles. The minimum absolute atomic E-state index is 0.900. The second-order valence-electron chi connectivity index (χ2n) is 12.6. The Morgan fingerprint density at radius 1 is 0.300 bits per heavy atom. The molecule has 5 heterocycles. The molecule has 5 heteroatoms. The van der Waals surface area contributed by atoms with Crippen LogP contribution >= 0.6 is 0 Å². The van der Waals surface area contributed by atoms with Crippen molar-refractivity contribution in [2.24, 2.45) is 0 Å². The fraction of sp³-hybridized carbons (Fsp3) is 0. The van der Waals surface area contributed by atoms with Gasteiger partial charge in [0.25, 0.3) is 0 Å². The molecule has 50 heavy (non-hydrogen) atoms. The lowest BCUT2D eigenvalue weighted by Gasteiger charge is -2.09. The largest absolute Gasteiger partial charge is 0.256 e. The van der Waals surface area contributed by atoms with Gasteiger partial charge in [-0.2, -0.15) is 0 Å². The predicted octanol–water partition coefficient (Wildman–Crippen LogP) is 11.1. The van der Waals surface area contributed by atoms with E-state index >= 15 is 0 Å². The highest BCUT2D eigenvalue weighted by Gasteiger charge is 2.10. The molecule has 10 aromatic rings. The number of hydrogen-bond donors (Lipinski definition) is 0. The minimum Gasteiger partial charge on any atom is -0.256 e. The summed E-state index contributed by atoms with van der Waals surface area (Å²) in [7, 11) is 0. The molecule has 0 aliphatic heterocycles. The predicted molar refractivity (Wildman–Crippen MR) is 205 cm³/mol. The Morgan fingerprint density at radius 2 is 0.860 bits per heavy atom. The third-order valence-corrected chi connectivity index (χ3v) is 9.51. The van der Waals surface area contributed by atoms with Crippen molar-refractivity contribution in [1.29, 1.82) is 0 Å². The third kappa shape index (κ3) is 4.92. The van der Waals surface area contributed by atoms with Crippen LogP contribution in [0.2, 0.25) is 0 Å². The van der Waals surface area contributed by atoms with Crippen LogP contribution in [0.4, 0.5) is 0 Å². The van der Waals surface area contributed by atoms with Gasteiger partial charge < -0.3 is 0 Å². The lowest BCUT2D eigenvalue weighted by Crippen LogP contribution is -1.90. The molecule has 10 rings (SSSR count). The molecule has 0 atom stereocenters. The summed E-state index contributed by atoms with van der Waals surface area (Å²) >= 11 is 0. The lowest BCUT2D eigenvalue weighted by molar-refractivity contribution is 1.35. The van der Waals surface area contributed by atoms with E-state index in [9.17, 15) is 0 Å². The molecule has 5 aromatic heterocycles. The van der Waals surface area contributed by atoms with Gasteiger partial charge in [0.2, 0.25) is 0 Å². The smallest absolute Gasteiger partial charge is 0.0972 e. The summed E-state index contributed by atoms with van der Waals surface area (Å²) in [6.07, 6.45) is 3.72. The average Bonchev–Trinajstić information content (AvgIpc) is 3.19. The van der Waals surface area contributed by atoms with Gasteiger partial charge in [-0.15, -0.1) is 0 Å². The van der Waals surface area contributed by atoms with E-state index in [0.717, 1.165) is 99.4 Å². The standard InChI is InChI=1S/C45H27N5/c1-2-6-38-35(4-1)24-37(27-47-38)41-21-18-31-12-16-36(26-43(31)49-41)40-20-17-30-11-15-34(25-42(30)48-40)28-7-9-29(10-8-28)39-22-19-33-14-13-32-5-3-23-46-44(32)45(33)50-39/h1-27H. The van der Waals surface area contributed by atoms with Gasteiger partial charge >= 0.3 is 0 Å². The highest BCUT2D eigenvalue weighted by molar-refractivity contribution is 6.03. The van der Waals surface area contributed by atoms with Crippen LogP contribution in [0.5, 0.6) is 0 Å². The molecular formula is C45H27N5. The second kappa shape index (κ2) is 11.4. The summed E-state index contributed by atoms with van der Waals surface area (Å²) in [4.78, 5) is 24.4. The van der Waals surface area contributed by atoms with Crippen molar-refractivity contribution < 1.29 is 0 Å². The maximum atomic E-state index is 5.12. The molecule has 0 bridgehead atoms. The van der Waals surface area contributed by atoms with Crippen LogP contribution in [0, 0.1) is 0 Å². The topological polar surface area (TPSA) is 64.5 Å². The van der Waals surface area contributed by atoms with Crippen molar-refractivity contribution in [3.63, 3.8) is 0 Å². The van der Waals surface area contributed by atoms with Gasteiger partial charge in [-0.1, -0.05) is 103 Å². The summed E-state index contributed by atoms with van der Waals surface area (Å²) in [6.45, 7) is 0. The van der Waals surface area contributed by atoms with E-state index in [1.54, 1.807) is 0 Å². The molecule has 0 unspecified atom stereocenters. The molecular weight excluding hydrogens is 611 g/mol. The van der Waals surface area contributed by atoms with Crippen molar-refractivity contribution in [3.8, 4) is 44.9 Å². The van der Waals surface area contributed by atoms with Crippen LogP contribution in [0.1, 0.15) is 0 Å². The first-order chi connectivity index (χ1) is 24.7. The van der Waals surface area contributed by atoms with E-state index < -0.39 is 0 Å². The van der Waals surface area contributed by atoms with E-state index in [4.69, 9.17) is 15.0 Å². The van der Waals surface area contributed by atoms with E-state index in [1.165, 1.54) is 0 Å².